The molecule has 24 heavy (non-hydrogen) atoms. The molecule has 1 amide bonds. The molecule has 9 heteroatoms. The van der Waals surface area contributed by atoms with Gasteiger partial charge in [-0.25, -0.2) is 9.59 Å². The fourth-order valence-electron chi connectivity index (χ4n) is 1.30. The van der Waals surface area contributed by atoms with E-state index in [2.05, 4.69) is 5.32 Å². The van der Waals surface area contributed by atoms with Crippen molar-refractivity contribution in [3.63, 3.8) is 0 Å². The molecule has 0 aliphatic rings. The van der Waals surface area contributed by atoms with E-state index in [0.29, 0.717) is 11.8 Å². The van der Waals surface area contributed by atoms with Crippen molar-refractivity contribution in [2.24, 2.45) is 0 Å². The maximum atomic E-state index is 11.9. The topological polar surface area (TPSA) is 122 Å². The van der Waals surface area contributed by atoms with Crippen molar-refractivity contribution >= 4 is 34.9 Å². The van der Waals surface area contributed by atoms with E-state index in [-0.39, 0.29) is 17.9 Å². The Kier molecular flexibility index (Phi) is 9.12. The first-order valence-electron chi connectivity index (χ1n) is 7.18. The van der Waals surface area contributed by atoms with Gasteiger partial charge >= 0.3 is 12.1 Å². The summed E-state index contributed by atoms with van der Waals surface area (Å²) >= 11 is 0.667. The Morgan fingerprint density at radius 3 is 2.29 bits per heavy atom. The lowest BCUT2D eigenvalue weighted by Crippen LogP contribution is -2.45. The van der Waals surface area contributed by atoms with Gasteiger partial charge in [-0.15, -0.1) is 0 Å². The number of carboxylic acids is 1. The third kappa shape index (κ3) is 9.88. The van der Waals surface area contributed by atoms with Crippen LogP contribution in [0.1, 0.15) is 34.6 Å². The van der Waals surface area contributed by atoms with E-state index in [1.807, 2.05) is 0 Å². The predicted molar refractivity (Wildman–Crippen MR) is 86.0 cm³/mol. The van der Waals surface area contributed by atoms with Crippen LogP contribution in [-0.2, 0) is 23.9 Å². The maximum absolute atomic E-state index is 11.9. The predicted octanol–water partition coefficient (Wildman–Crippen LogP) is 0.399. The molecule has 0 bridgehead atoms. The monoisotopic (exact) mass is 360 g/mol. The highest BCUT2D eigenvalue weighted by Crippen LogP contribution is 2.11. The van der Waals surface area contributed by atoms with Gasteiger partial charge in [0.05, 0.1) is 12.6 Å². The Morgan fingerprint density at radius 2 is 1.83 bits per heavy atom. The first-order valence-corrected chi connectivity index (χ1v) is 8.17. The molecule has 1 atom stereocenters. The van der Waals surface area contributed by atoms with E-state index < -0.39 is 34.8 Å². The minimum absolute atomic E-state index is 0.105. The molecule has 0 unspecified atom stereocenters. The Labute approximate surface area is 144 Å². The van der Waals surface area contributed by atoms with Crippen molar-refractivity contribution in [1.82, 2.24) is 5.32 Å². The molecule has 0 aliphatic heterocycles. The summed E-state index contributed by atoms with van der Waals surface area (Å²) in [5.41, 5.74) is -0.985. The van der Waals surface area contributed by atoms with Gasteiger partial charge in [-0.05, 0) is 46.3 Å². The van der Waals surface area contributed by atoms with Gasteiger partial charge in [0.25, 0.3) is 0 Å². The third-order valence-corrected chi connectivity index (χ3v) is 3.21. The van der Waals surface area contributed by atoms with Crippen molar-refractivity contribution in [3.8, 4) is 0 Å². The molecule has 0 aromatic rings. The highest BCUT2D eigenvalue weighted by molar-refractivity contribution is 8.14. The first-order chi connectivity index (χ1) is 11.0. The molecule has 136 valence electrons. The summed E-state index contributed by atoms with van der Waals surface area (Å²) in [6, 6.07) is -1.11. The lowest BCUT2D eigenvalue weighted by Gasteiger charge is -2.22. The fraction of sp³-hybridized carbons (Fsp3) is 0.600. The normalized spacial score (nSPS) is 13.0. The number of carbonyl (C=O) groups excluding carboxylic acids is 4. The van der Waals surface area contributed by atoms with Gasteiger partial charge in [0.1, 0.15) is 11.6 Å². The molecule has 0 saturated heterocycles. The molecule has 0 radical (unpaired) electrons. The van der Waals surface area contributed by atoms with Crippen LogP contribution in [0.2, 0.25) is 0 Å². The number of rotatable bonds is 7. The second-order valence-corrected chi connectivity index (χ2v) is 6.72. The van der Waals surface area contributed by atoms with Crippen LogP contribution >= 0.6 is 11.8 Å². The number of carboxylic acid groups (broad SMARTS) is 1. The van der Waals surface area contributed by atoms with E-state index in [0.717, 1.165) is 6.08 Å². The van der Waals surface area contributed by atoms with Crippen LogP contribution in [0.4, 0.5) is 4.79 Å². The number of hydrogen-bond acceptors (Lipinski definition) is 8. The van der Waals surface area contributed by atoms with Crippen LogP contribution in [-0.4, -0.2) is 47.1 Å². The molecule has 8 nitrogen and oxygen atoms in total. The first kappa shape index (κ1) is 22.0. The number of hydrogen-bond donors (Lipinski definition) is 1. The summed E-state index contributed by atoms with van der Waals surface area (Å²) in [5, 5.41) is 12.3. The molecule has 0 saturated carbocycles. The van der Waals surface area contributed by atoms with E-state index >= 15 is 0 Å². The van der Waals surface area contributed by atoms with Crippen molar-refractivity contribution < 1.29 is 33.8 Å². The number of nitrogens with one attached hydrogen (secondary N) is 1. The Balaban J connectivity index is 4.82. The average molecular weight is 360 g/mol. The molecule has 0 aromatic heterocycles. The second kappa shape index (κ2) is 9.96. The number of esters is 1. The standard InChI is InChI=1S/C15H23NO7S/c1-6-22-13(20)10(16-14(21)23-15(3,4)5)8-24-11(17)7-9(2)12(18)19/h7,10H,6,8H2,1-5H3,(H,16,21)(H,18,19)/p-1/b9-7+/t10-/m0/s1. The van der Waals surface area contributed by atoms with Crippen molar-refractivity contribution in [1.29, 1.82) is 0 Å². The van der Waals surface area contributed by atoms with Crippen LogP contribution in [0.5, 0.6) is 0 Å². The molecular weight excluding hydrogens is 338 g/mol. The Hall–Kier alpha value is -2.03. The maximum Gasteiger partial charge on any atom is 0.408 e. The van der Waals surface area contributed by atoms with Crippen molar-refractivity contribution in [3.05, 3.63) is 11.6 Å². The van der Waals surface area contributed by atoms with Gasteiger partial charge in [0.2, 0.25) is 5.12 Å². The minimum Gasteiger partial charge on any atom is -0.545 e. The van der Waals surface area contributed by atoms with Crippen molar-refractivity contribution in [2.45, 2.75) is 46.3 Å². The molecule has 0 fully saturated rings. The van der Waals surface area contributed by atoms with Gasteiger partial charge in [0.15, 0.2) is 0 Å². The van der Waals surface area contributed by atoms with E-state index in [4.69, 9.17) is 9.47 Å². The summed E-state index contributed by atoms with van der Waals surface area (Å²) in [6.07, 6.45) is 0.0606. The van der Waals surface area contributed by atoms with Gasteiger partial charge in [-0.2, -0.15) is 0 Å². The van der Waals surface area contributed by atoms with E-state index in [9.17, 15) is 24.3 Å². The summed E-state index contributed by atoms with van der Waals surface area (Å²) in [5.74, 6) is -2.31. The Bertz CT molecular complexity index is 522. The number of ether oxygens (including phenoxy) is 2. The minimum atomic E-state index is -1.46. The highest BCUT2D eigenvalue weighted by atomic mass is 32.2. The Morgan fingerprint density at radius 1 is 1.25 bits per heavy atom. The zero-order valence-electron chi connectivity index (χ0n) is 14.3. The number of amides is 1. The molecule has 1 N–H and O–H groups in total. The van der Waals surface area contributed by atoms with Crippen LogP contribution in [0, 0.1) is 0 Å². The largest absolute Gasteiger partial charge is 0.545 e. The molecule has 0 aliphatic carbocycles. The van der Waals surface area contributed by atoms with E-state index in [1.165, 1.54) is 6.92 Å². The number of carbonyl (C=O) groups is 4. The lowest BCUT2D eigenvalue weighted by molar-refractivity contribution is -0.299. The van der Waals surface area contributed by atoms with Crippen molar-refractivity contribution in [2.75, 3.05) is 12.4 Å². The molecule has 0 spiro atoms. The SMILES string of the molecule is CCOC(=O)[C@H](CSC(=O)/C=C(\C)C(=O)[O-])NC(=O)OC(C)(C)C. The highest BCUT2D eigenvalue weighted by Gasteiger charge is 2.26. The van der Waals surface area contributed by atoms with Crippen LogP contribution in [0.25, 0.3) is 0 Å². The van der Waals surface area contributed by atoms with Crippen LogP contribution < -0.4 is 10.4 Å². The molecule has 0 heterocycles. The lowest BCUT2D eigenvalue weighted by atomic mass is 10.2. The zero-order chi connectivity index (χ0) is 18.9. The van der Waals surface area contributed by atoms with Gasteiger partial charge in [0, 0.05) is 5.75 Å². The quantitative estimate of drug-likeness (QED) is 0.511. The molecule has 0 rings (SSSR count). The number of alkyl carbamates (subject to hydrolysis) is 1. The number of aliphatic carboxylic acids is 1. The second-order valence-electron chi connectivity index (χ2n) is 5.70. The molecule has 0 aromatic carbocycles. The van der Waals surface area contributed by atoms with Crippen LogP contribution in [0.3, 0.4) is 0 Å². The smallest absolute Gasteiger partial charge is 0.408 e. The average Bonchev–Trinajstić information content (AvgIpc) is 2.41. The summed E-state index contributed by atoms with van der Waals surface area (Å²) in [6.45, 7) is 7.92. The van der Waals surface area contributed by atoms with Gasteiger partial charge < -0.3 is 24.7 Å². The fourth-order valence-corrected chi connectivity index (χ4v) is 2.11. The van der Waals surface area contributed by atoms with Crippen LogP contribution in [0.15, 0.2) is 11.6 Å². The summed E-state index contributed by atoms with van der Waals surface area (Å²) in [7, 11) is 0. The summed E-state index contributed by atoms with van der Waals surface area (Å²) in [4.78, 5) is 45.8. The van der Waals surface area contributed by atoms with Gasteiger partial charge in [-0.1, -0.05) is 11.8 Å². The zero-order valence-corrected chi connectivity index (χ0v) is 15.2. The van der Waals surface area contributed by atoms with Gasteiger partial charge in [-0.3, -0.25) is 4.79 Å². The number of thioether (sulfide) groups is 1. The summed E-state index contributed by atoms with van der Waals surface area (Å²) < 4.78 is 9.88. The third-order valence-electron chi connectivity index (χ3n) is 2.31. The molecular formula is C15H22NO7S-. The van der Waals surface area contributed by atoms with E-state index in [1.54, 1.807) is 27.7 Å².